The molecule has 8 heteroatoms. The van der Waals surface area contributed by atoms with Crippen LogP contribution in [-0.2, 0) is 11.2 Å². The number of aromatic nitrogens is 1. The van der Waals surface area contributed by atoms with Crippen LogP contribution in [0.5, 0.6) is 0 Å². The highest BCUT2D eigenvalue weighted by Crippen LogP contribution is 2.21. The Morgan fingerprint density at radius 3 is 2.95 bits per heavy atom. The molecule has 5 N–H and O–H groups in total. The average Bonchev–Trinajstić information content (AvgIpc) is 2.95. The zero-order valence-electron chi connectivity index (χ0n) is 10.3. The number of hydrogen-bond donors (Lipinski definition) is 3. The fourth-order valence-electron chi connectivity index (χ4n) is 2.10. The summed E-state index contributed by atoms with van der Waals surface area (Å²) >= 11 is 1.35. The van der Waals surface area contributed by atoms with Gasteiger partial charge in [0.25, 0.3) is 5.91 Å². The predicted octanol–water partition coefficient (Wildman–Crippen LogP) is -1.29. The molecular formula is C11H16N4O3S. The van der Waals surface area contributed by atoms with Gasteiger partial charge in [-0.1, -0.05) is 0 Å². The maximum atomic E-state index is 12.2. The lowest BCUT2D eigenvalue weighted by molar-refractivity contribution is -0.121. The largest absolute Gasteiger partial charge is 0.391 e. The Kier molecular flexibility index (Phi) is 4.13. The van der Waals surface area contributed by atoms with Crippen molar-refractivity contribution in [3.8, 4) is 0 Å². The second-order valence-corrected chi connectivity index (χ2v) is 5.37. The van der Waals surface area contributed by atoms with E-state index in [9.17, 15) is 14.7 Å². The average molecular weight is 284 g/mol. The molecule has 2 heterocycles. The Balaban J connectivity index is 2.15. The van der Waals surface area contributed by atoms with Crippen molar-refractivity contribution >= 4 is 23.2 Å². The second-order valence-electron chi connectivity index (χ2n) is 4.43. The van der Waals surface area contributed by atoms with Crippen LogP contribution in [0.2, 0.25) is 0 Å². The van der Waals surface area contributed by atoms with E-state index in [0.29, 0.717) is 13.0 Å². The third kappa shape index (κ3) is 2.91. The number of carbonyl (C=O) groups excluding carboxylic acids is 2. The van der Waals surface area contributed by atoms with E-state index in [1.807, 2.05) is 0 Å². The molecule has 1 aliphatic rings. The van der Waals surface area contributed by atoms with E-state index in [-0.39, 0.29) is 24.6 Å². The molecule has 2 rings (SSSR count). The number of hydrogen-bond acceptors (Lipinski definition) is 6. The molecule has 1 aromatic heterocycles. The second kappa shape index (κ2) is 5.64. The number of aliphatic hydroxyl groups excluding tert-OH is 1. The van der Waals surface area contributed by atoms with Crippen LogP contribution in [0.3, 0.4) is 0 Å². The minimum atomic E-state index is -0.762. The molecule has 19 heavy (non-hydrogen) atoms. The lowest BCUT2D eigenvalue weighted by atomic mass is 10.2. The van der Waals surface area contributed by atoms with Gasteiger partial charge in [-0.15, -0.1) is 11.3 Å². The molecule has 2 atom stereocenters. The molecule has 7 nitrogen and oxygen atoms in total. The van der Waals surface area contributed by atoms with Crippen LogP contribution in [-0.4, -0.2) is 52.0 Å². The highest BCUT2D eigenvalue weighted by molar-refractivity contribution is 7.09. The van der Waals surface area contributed by atoms with E-state index in [1.54, 1.807) is 5.38 Å². The molecule has 0 spiro atoms. The Hall–Kier alpha value is -1.51. The number of thiazole rings is 1. The maximum Gasteiger partial charge on any atom is 0.274 e. The molecule has 0 aromatic carbocycles. The third-order valence-corrected chi connectivity index (χ3v) is 3.91. The minimum Gasteiger partial charge on any atom is -0.391 e. The van der Waals surface area contributed by atoms with Gasteiger partial charge in [0.2, 0.25) is 5.91 Å². The Morgan fingerprint density at radius 2 is 2.32 bits per heavy atom. The molecule has 0 radical (unpaired) electrons. The first kappa shape index (κ1) is 13.9. The highest BCUT2D eigenvalue weighted by atomic mass is 32.1. The van der Waals surface area contributed by atoms with Crippen molar-refractivity contribution in [2.75, 3.05) is 13.1 Å². The smallest absolute Gasteiger partial charge is 0.274 e. The van der Waals surface area contributed by atoms with Gasteiger partial charge >= 0.3 is 0 Å². The van der Waals surface area contributed by atoms with E-state index in [4.69, 9.17) is 11.5 Å². The molecule has 1 saturated heterocycles. The fourth-order valence-corrected chi connectivity index (χ4v) is 2.89. The first-order chi connectivity index (χ1) is 9.02. The molecule has 2 amide bonds. The van der Waals surface area contributed by atoms with E-state index in [1.165, 1.54) is 16.2 Å². The van der Waals surface area contributed by atoms with Crippen LogP contribution < -0.4 is 11.5 Å². The predicted molar refractivity (Wildman–Crippen MR) is 69.5 cm³/mol. The van der Waals surface area contributed by atoms with Gasteiger partial charge in [-0.3, -0.25) is 9.59 Å². The normalized spacial score (nSPS) is 22.7. The molecular weight excluding hydrogens is 268 g/mol. The minimum absolute atomic E-state index is 0.107. The first-order valence-electron chi connectivity index (χ1n) is 5.95. The highest BCUT2D eigenvalue weighted by Gasteiger charge is 2.38. The van der Waals surface area contributed by atoms with Crippen molar-refractivity contribution in [1.82, 2.24) is 9.88 Å². The number of β-amino-alcohol motifs (C(OH)–C–C–N with tert-alkyl or cyclic N) is 1. The van der Waals surface area contributed by atoms with Gasteiger partial charge in [0.15, 0.2) is 0 Å². The summed E-state index contributed by atoms with van der Waals surface area (Å²) in [5, 5.41) is 12.0. The fraction of sp³-hybridized carbons (Fsp3) is 0.545. The summed E-state index contributed by atoms with van der Waals surface area (Å²) in [5.74, 6) is -0.984. The zero-order chi connectivity index (χ0) is 14.0. The molecule has 0 aliphatic carbocycles. The van der Waals surface area contributed by atoms with E-state index in [2.05, 4.69) is 4.98 Å². The van der Waals surface area contributed by atoms with Crippen LogP contribution in [0.15, 0.2) is 5.38 Å². The molecule has 1 fully saturated rings. The molecule has 1 aliphatic heterocycles. The molecule has 0 saturated carbocycles. The van der Waals surface area contributed by atoms with Gasteiger partial charge in [-0.25, -0.2) is 4.98 Å². The third-order valence-electron chi connectivity index (χ3n) is 3.00. The van der Waals surface area contributed by atoms with Gasteiger partial charge in [0.05, 0.1) is 11.1 Å². The molecule has 2 unspecified atom stereocenters. The first-order valence-corrected chi connectivity index (χ1v) is 6.83. The van der Waals surface area contributed by atoms with Gasteiger partial charge in [-0.05, 0) is 6.54 Å². The summed E-state index contributed by atoms with van der Waals surface area (Å²) in [4.78, 5) is 29.0. The van der Waals surface area contributed by atoms with Crippen LogP contribution in [0.1, 0.15) is 21.9 Å². The number of rotatable bonds is 4. The standard InChI is InChI=1S/C11H16N4O3S/c12-2-1-9-14-7(5-19-9)11(18)15-4-6(16)3-8(15)10(13)17/h5-6,8,16H,1-4,12H2,(H2,13,17). The number of nitrogens with zero attached hydrogens (tertiary/aromatic N) is 2. The van der Waals surface area contributed by atoms with Crippen molar-refractivity contribution < 1.29 is 14.7 Å². The Morgan fingerprint density at radius 1 is 1.58 bits per heavy atom. The Labute approximate surface area is 114 Å². The van der Waals surface area contributed by atoms with Crippen molar-refractivity contribution in [2.45, 2.75) is 25.0 Å². The summed E-state index contributed by atoms with van der Waals surface area (Å²) in [7, 11) is 0. The number of nitrogens with two attached hydrogens (primary N) is 2. The van der Waals surface area contributed by atoms with Crippen LogP contribution in [0.4, 0.5) is 0 Å². The summed E-state index contributed by atoms with van der Waals surface area (Å²) < 4.78 is 0. The van der Waals surface area contributed by atoms with E-state index < -0.39 is 18.1 Å². The SMILES string of the molecule is NCCc1nc(C(=O)N2CC(O)CC2C(N)=O)cs1. The lowest BCUT2D eigenvalue weighted by Gasteiger charge is -2.20. The Bertz CT molecular complexity index is 490. The topological polar surface area (TPSA) is 123 Å². The van der Waals surface area contributed by atoms with Crippen LogP contribution >= 0.6 is 11.3 Å². The van der Waals surface area contributed by atoms with E-state index >= 15 is 0 Å². The number of amides is 2. The van der Waals surface area contributed by atoms with Crippen LogP contribution in [0, 0.1) is 0 Å². The summed E-state index contributed by atoms with van der Waals surface area (Å²) in [6.45, 7) is 0.573. The summed E-state index contributed by atoms with van der Waals surface area (Å²) in [6, 6.07) is -0.762. The van der Waals surface area contributed by atoms with E-state index in [0.717, 1.165) is 5.01 Å². The number of likely N-dealkylation sites (tertiary alicyclic amines) is 1. The quantitative estimate of drug-likeness (QED) is 0.634. The summed E-state index contributed by atoms with van der Waals surface area (Å²) in [5.41, 5.74) is 10.9. The van der Waals surface area contributed by atoms with Crippen LogP contribution in [0.25, 0.3) is 0 Å². The molecule has 1 aromatic rings. The number of aliphatic hydroxyl groups is 1. The van der Waals surface area contributed by atoms with Crippen molar-refractivity contribution in [3.63, 3.8) is 0 Å². The number of primary amides is 1. The van der Waals surface area contributed by atoms with Gasteiger partial charge < -0.3 is 21.5 Å². The number of carbonyl (C=O) groups is 2. The lowest BCUT2D eigenvalue weighted by Crippen LogP contribution is -2.43. The summed E-state index contributed by atoms with van der Waals surface area (Å²) in [6.07, 6.45) is 0.0735. The molecule has 0 bridgehead atoms. The maximum absolute atomic E-state index is 12.2. The van der Waals surface area contributed by atoms with Crippen molar-refractivity contribution in [2.24, 2.45) is 11.5 Å². The van der Waals surface area contributed by atoms with Gasteiger partial charge in [0.1, 0.15) is 11.7 Å². The zero-order valence-corrected chi connectivity index (χ0v) is 11.1. The molecule has 104 valence electrons. The van der Waals surface area contributed by atoms with Crippen molar-refractivity contribution in [3.05, 3.63) is 16.1 Å². The van der Waals surface area contributed by atoms with Gasteiger partial charge in [-0.2, -0.15) is 0 Å². The van der Waals surface area contributed by atoms with Gasteiger partial charge in [0, 0.05) is 24.8 Å². The van der Waals surface area contributed by atoms with Crippen molar-refractivity contribution in [1.29, 1.82) is 0 Å². The monoisotopic (exact) mass is 284 g/mol.